The summed E-state index contributed by atoms with van der Waals surface area (Å²) in [7, 11) is 0. The summed E-state index contributed by atoms with van der Waals surface area (Å²) < 4.78 is 5.32. The van der Waals surface area contributed by atoms with Gasteiger partial charge in [-0.15, -0.1) is 0 Å². The Balaban J connectivity index is 1.53. The summed E-state index contributed by atoms with van der Waals surface area (Å²) in [5.41, 5.74) is 6.20. The zero-order valence-electron chi connectivity index (χ0n) is 11.9. The Morgan fingerprint density at radius 1 is 1.29 bits per heavy atom. The van der Waals surface area contributed by atoms with Gasteiger partial charge < -0.3 is 21.1 Å². The Labute approximate surface area is 124 Å². The Morgan fingerprint density at radius 3 is 2.81 bits per heavy atom. The van der Waals surface area contributed by atoms with Gasteiger partial charge in [0, 0.05) is 30.8 Å². The van der Waals surface area contributed by atoms with E-state index in [1.54, 1.807) is 24.3 Å². The normalized spacial score (nSPS) is 13.5. The first-order valence-corrected chi connectivity index (χ1v) is 7.18. The molecular formula is C15H21N3O3. The number of anilines is 1. The van der Waals surface area contributed by atoms with E-state index >= 15 is 0 Å². The highest BCUT2D eigenvalue weighted by molar-refractivity contribution is 5.78. The van der Waals surface area contributed by atoms with E-state index in [0.29, 0.717) is 36.9 Å². The van der Waals surface area contributed by atoms with Crippen molar-refractivity contribution < 1.29 is 14.3 Å². The topological polar surface area (TPSA) is 93.4 Å². The van der Waals surface area contributed by atoms with E-state index in [9.17, 15) is 9.59 Å². The number of carbonyl (C=O) groups is 2. The van der Waals surface area contributed by atoms with E-state index in [4.69, 9.17) is 10.5 Å². The number of hydrogen-bond donors (Lipinski definition) is 3. The molecule has 1 aromatic carbocycles. The predicted octanol–water partition coefficient (Wildman–Crippen LogP) is 0.823. The molecule has 0 unspecified atom stereocenters. The van der Waals surface area contributed by atoms with E-state index in [2.05, 4.69) is 10.6 Å². The maximum atomic E-state index is 11.6. The Morgan fingerprint density at radius 2 is 2.10 bits per heavy atom. The zero-order valence-corrected chi connectivity index (χ0v) is 11.9. The van der Waals surface area contributed by atoms with Crippen LogP contribution in [0, 0.1) is 0 Å². The van der Waals surface area contributed by atoms with Gasteiger partial charge in [0.25, 0.3) is 5.91 Å². The third kappa shape index (κ3) is 6.16. The molecule has 0 saturated heterocycles. The molecule has 1 saturated carbocycles. The van der Waals surface area contributed by atoms with Crippen LogP contribution >= 0.6 is 0 Å². The fourth-order valence-electron chi connectivity index (χ4n) is 1.81. The van der Waals surface area contributed by atoms with E-state index < -0.39 is 0 Å². The lowest BCUT2D eigenvalue weighted by atomic mass is 10.3. The molecule has 114 valence electrons. The average Bonchev–Trinajstić information content (AvgIpc) is 3.25. The number of carbonyl (C=O) groups excluding carboxylic acids is 2. The van der Waals surface area contributed by atoms with Gasteiger partial charge in [-0.25, -0.2) is 0 Å². The van der Waals surface area contributed by atoms with Gasteiger partial charge in [-0.05, 0) is 31.4 Å². The molecule has 6 nitrogen and oxygen atoms in total. The maximum absolute atomic E-state index is 11.6. The molecule has 0 radical (unpaired) electrons. The van der Waals surface area contributed by atoms with Gasteiger partial charge in [-0.2, -0.15) is 0 Å². The minimum absolute atomic E-state index is 0.0578. The molecule has 1 aliphatic carbocycles. The van der Waals surface area contributed by atoms with E-state index in [-0.39, 0.29) is 18.4 Å². The minimum atomic E-state index is -0.208. The summed E-state index contributed by atoms with van der Waals surface area (Å²) >= 11 is 0. The van der Waals surface area contributed by atoms with E-state index in [1.807, 2.05) is 0 Å². The first kappa shape index (κ1) is 15.2. The molecule has 2 amide bonds. The lowest BCUT2D eigenvalue weighted by Gasteiger charge is -2.08. The van der Waals surface area contributed by atoms with Gasteiger partial charge in [-0.3, -0.25) is 9.59 Å². The first-order chi connectivity index (χ1) is 10.1. The summed E-state index contributed by atoms with van der Waals surface area (Å²) in [5, 5.41) is 5.62. The largest absolute Gasteiger partial charge is 0.484 e. The lowest BCUT2D eigenvalue weighted by molar-refractivity contribution is -0.124. The van der Waals surface area contributed by atoms with Gasteiger partial charge in [0.15, 0.2) is 6.61 Å². The highest BCUT2D eigenvalue weighted by Gasteiger charge is 2.22. The Bertz CT molecular complexity index is 501. The van der Waals surface area contributed by atoms with Crippen LogP contribution in [0.3, 0.4) is 0 Å². The summed E-state index contributed by atoms with van der Waals surface area (Å²) in [6.07, 6.45) is 3.24. The molecule has 0 atom stereocenters. The number of nitrogen functional groups attached to an aromatic ring is 1. The van der Waals surface area contributed by atoms with Crippen molar-refractivity contribution in [1.29, 1.82) is 0 Å². The summed E-state index contributed by atoms with van der Waals surface area (Å²) in [4.78, 5) is 23.0. The monoisotopic (exact) mass is 291 g/mol. The van der Waals surface area contributed by atoms with Gasteiger partial charge in [0.05, 0.1) is 0 Å². The molecule has 0 spiro atoms. The molecule has 4 N–H and O–H groups in total. The fraction of sp³-hybridized carbons (Fsp3) is 0.467. The molecule has 0 aliphatic heterocycles. The van der Waals surface area contributed by atoms with Crippen molar-refractivity contribution in [2.75, 3.05) is 18.9 Å². The number of nitrogens with two attached hydrogens (primary N) is 1. The number of amides is 2. The molecule has 21 heavy (non-hydrogen) atoms. The molecule has 2 rings (SSSR count). The van der Waals surface area contributed by atoms with Crippen LogP contribution in [0.4, 0.5) is 5.69 Å². The molecule has 6 heteroatoms. The highest BCUT2D eigenvalue weighted by atomic mass is 16.5. The predicted molar refractivity (Wildman–Crippen MR) is 79.8 cm³/mol. The minimum Gasteiger partial charge on any atom is -0.484 e. The molecular weight excluding hydrogens is 270 g/mol. The van der Waals surface area contributed by atoms with Crippen molar-refractivity contribution >= 4 is 17.5 Å². The summed E-state index contributed by atoms with van der Waals surface area (Å²) in [5.74, 6) is 0.414. The smallest absolute Gasteiger partial charge is 0.257 e. The van der Waals surface area contributed by atoms with Crippen LogP contribution < -0.4 is 21.1 Å². The van der Waals surface area contributed by atoms with Crippen molar-refractivity contribution in [3.05, 3.63) is 24.3 Å². The Kier molecular flexibility index (Phi) is 5.43. The molecule has 1 fully saturated rings. The molecule has 0 bridgehead atoms. The van der Waals surface area contributed by atoms with Crippen molar-refractivity contribution in [2.45, 2.75) is 31.7 Å². The van der Waals surface area contributed by atoms with Gasteiger partial charge in [0.2, 0.25) is 5.91 Å². The lowest BCUT2D eigenvalue weighted by Crippen LogP contribution is -2.31. The number of rotatable bonds is 8. The highest BCUT2D eigenvalue weighted by Crippen LogP contribution is 2.18. The van der Waals surface area contributed by atoms with Crippen LogP contribution in [-0.4, -0.2) is 31.0 Å². The van der Waals surface area contributed by atoms with Crippen LogP contribution in [0.5, 0.6) is 5.75 Å². The van der Waals surface area contributed by atoms with Crippen molar-refractivity contribution in [2.24, 2.45) is 0 Å². The second kappa shape index (κ2) is 7.52. The summed E-state index contributed by atoms with van der Waals surface area (Å²) in [6, 6.07) is 7.31. The second-order valence-corrected chi connectivity index (χ2v) is 5.16. The average molecular weight is 291 g/mol. The number of nitrogens with one attached hydrogen (secondary N) is 2. The summed E-state index contributed by atoms with van der Waals surface area (Å²) in [6.45, 7) is 0.412. The number of hydrogen-bond acceptors (Lipinski definition) is 4. The Hall–Kier alpha value is -2.24. The third-order valence-electron chi connectivity index (χ3n) is 3.07. The number of benzene rings is 1. The van der Waals surface area contributed by atoms with Gasteiger partial charge in [0.1, 0.15) is 5.75 Å². The van der Waals surface area contributed by atoms with Crippen LogP contribution in [0.15, 0.2) is 24.3 Å². The van der Waals surface area contributed by atoms with Crippen molar-refractivity contribution in [1.82, 2.24) is 10.6 Å². The maximum Gasteiger partial charge on any atom is 0.257 e. The fourth-order valence-corrected chi connectivity index (χ4v) is 1.81. The van der Waals surface area contributed by atoms with Crippen LogP contribution in [0.2, 0.25) is 0 Å². The standard InChI is InChI=1S/C15H21N3O3/c16-11-3-1-4-13(9-11)21-10-15(20)17-8-2-5-14(19)18-12-6-7-12/h1,3-4,9,12H,2,5-8,10,16H2,(H,17,20)(H,18,19). The van der Waals surface area contributed by atoms with Crippen LogP contribution in [0.25, 0.3) is 0 Å². The quantitative estimate of drug-likeness (QED) is 0.488. The third-order valence-corrected chi connectivity index (χ3v) is 3.07. The van der Waals surface area contributed by atoms with E-state index in [0.717, 1.165) is 12.8 Å². The zero-order chi connectivity index (χ0) is 15.1. The first-order valence-electron chi connectivity index (χ1n) is 7.18. The van der Waals surface area contributed by atoms with Gasteiger partial charge in [-0.1, -0.05) is 6.07 Å². The van der Waals surface area contributed by atoms with E-state index in [1.165, 1.54) is 0 Å². The molecule has 1 aliphatic rings. The molecule has 1 aromatic rings. The van der Waals surface area contributed by atoms with Crippen molar-refractivity contribution in [3.63, 3.8) is 0 Å². The number of ether oxygens (including phenoxy) is 1. The van der Waals surface area contributed by atoms with Crippen molar-refractivity contribution in [3.8, 4) is 5.75 Å². The second-order valence-electron chi connectivity index (χ2n) is 5.16. The van der Waals surface area contributed by atoms with Crippen LogP contribution in [-0.2, 0) is 9.59 Å². The van der Waals surface area contributed by atoms with Gasteiger partial charge >= 0.3 is 0 Å². The molecule has 0 aromatic heterocycles. The SMILES string of the molecule is Nc1cccc(OCC(=O)NCCCC(=O)NC2CC2)c1. The van der Waals surface area contributed by atoms with Crippen LogP contribution in [0.1, 0.15) is 25.7 Å². The molecule has 0 heterocycles.